The molecular formula is C12H14F6N4O2. The fraction of sp³-hybridized carbons (Fsp3) is 0.583. The van der Waals surface area contributed by atoms with Gasteiger partial charge in [0.25, 0.3) is 0 Å². The van der Waals surface area contributed by atoms with Crippen molar-refractivity contribution < 1.29 is 36.2 Å². The molecule has 136 valence electrons. The smallest absolute Gasteiger partial charge is 0.475 e. The third kappa shape index (κ3) is 6.98. The second-order valence-corrected chi connectivity index (χ2v) is 4.76. The Kier molecular flexibility index (Phi) is 6.75. The summed E-state index contributed by atoms with van der Waals surface area (Å²) in [5, 5.41) is 13.4. The first-order valence-electron chi connectivity index (χ1n) is 6.66. The molecule has 3 N–H and O–H groups in total. The summed E-state index contributed by atoms with van der Waals surface area (Å²) in [4.78, 5) is 16.2. The van der Waals surface area contributed by atoms with Crippen LogP contribution in [0.25, 0.3) is 0 Å². The topological polar surface area (TPSA) is 87.1 Å². The molecule has 1 aromatic heterocycles. The van der Waals surface area contributed by atoms with Gasteiger partial charge in [0.05, 0.1) is 5.56 Å². The van der Waals surface area contributed by atoms with Crippen molar-refractivity contribution in [3.63, 3.8) is 0 Å². The van der Waals surface area contributed by atoms with Gasteiger partial charge in [0.2, 0.25) is 5.95 Å². The molecule has 24 heavy (non-hydrogen) atoms. The third-order valence-electron chi connectivity index (χ3n) is 2.89. The van der Waals surface area contributed by atoms with Crippen LogP contribution >= 0.6 is 0 Å². The van der Waals surface area contributed by atoms with Crippen LogP contribution in [-0.4, -0.2) is 46.4 Å². The number of aliphatic carboxylic acids is 1. The molecule has 0 saturated carbocycles. The summed E-state index contributed by atoms with van der Waals surface area (Å²) in [6.07, 6.45) is -6.02. The van der Waals surface area contributed by atoms with E-state index in [-0.39, 0.29) is 12.0 Å². The molecule has 0 amide bonds. The lowest BCUT2D eigenvalue weighted by Crippen LogP contribution is -2.35. The largest absolute Gasteiger partial charge is 0.490 e. The molecular weight excluding hydrogens is 346 g/mol. The van der Waals surface area contributed by atoms with Crippen molar-refractivity contribution >= 4 is 11.9 Å². The number of nitrogens with one attached hydrogen (secondary N) is 2. The summed E-state index contributed by atoms with van der Waals surface area (Å²) in [5.41, 5.74) is -0.826. The molecule has 0 unspecified atom stereocenters. The predicted molar refractivity (Wildman–Crippen MR) is 70.2 cm³/mol. The van der Waals surface area contributed by atoms with Crippen LogP contribution in [0.3, 0.4) is 0 Å². The maximum Gasteiger partial charge on any atom is 0.490 e. The highest BCUT2D eigenvalue weighted by atomic mass is 19.4. The monoisotopic (exact) mass is 360 g/mol. The molecule has 6 nitrogen and oxygen atoms in total. The number of hydrogen-bond acceptors (Lipinski definition) is 5. The van der Waals surface area contributed by atoms with Gasteiger partial charge in [-0.05, 0) is 25.9 Å². The van der Waals surface area contributed by atoms with Crippen molar-refractivity contribution in [2.75, 3.05) is 18.4 Å². The first-order chi connectivity index (χ1) is 11.0. The lowest BCUT2D eigenvalue weighted by atomic mass is 10.1. The minimum atomic E-state index is -5.08. The molecule has 0 atom stereocenters. The summed E-state index contributed by atoms with van der Waals surface area (Å²) in [6, 6.07) is 0.230. The van der Waals surface area contributed by atoms with Crippen LogP contribution in [-0.2, 0) is 11.0 Å². The van der Waals surface area contributed by atoms with Crippen LogP contribution in [0.4, 0.5) is 32.3 Å². The Morgan fingerprint density at radius 3 is 1.96 bits per heavy atom. The SMILES string of the molecule is FC(F)(F)c1cnc(NC2CCNCC2)nc1.O=C(O)C(F)(F)F. The number of rotatable bonds is 2. The number of carbonyl (C=O) groups is 1. The quantitative estimate of drug-likeness (QED) is 0.702. The number of nitrogens with zero attached hydrogens (tertiary/aromatic N) is 2. The first-order valence-corrected chi connectivity index (χ1v) is 6.66. The minimum absolute atomic E-state index is 0.230. The lowest BCUT2D eigenvalue weighted by Gasteiger charge is -2.23. The fourth-order valence-corrected chi connectivity index (χ4v) is 1.70. The van der Waals surface area contributed by atoms with Crippen LogP contribution in [0.2, 0.25) is 0 Å². The molecule has 1 aromatic rings. The molecule has 1 aliphatic heterocycles. The van der Waals surface area contributed by atoms with Gasteiger partial charge >= 0.3 is 18.3 Å². The van der Waals surface area contributed by atoms with Crippen molar-refractivity contribution in [1.82, 2.24) is 15.3 Å². The number of halogens is 6. The summed E-state index contributed by atoms with van der Waals surface area (Å²) in [7, 11) is 0. The molecule has 0 aliphatic carbocycles. The number of aromatic nitrogens is 2. The van der Waals surface area contributed by atoms with Crippen molar-refractivity contribution in [3.05, 3.63) is 18.0 Å². The van der Waals surface area contributed by atoms with Gasteiger partial charge in [-0.1, -0.05) is 0 Å². The number of alkyl halides is 6. The van der Waals surface area contributed by atoms with Gasteiger partial charge in [0.1, 0.15) is 0 Å². The summed E-state index contributed by atoms with van der Waals surface area (Å²) >= 11 is 0. The Balaban J connectivity index is 0.000000351. The summed E-state index contributed by atoms with van der Waals surface area (Å²) in [5.74, 6) is -2.50. The van der Waals surface area contributed by atoms with Crippen LogP contribution in [0.1, 0.15) is 18.4 Å². The van der Waals surface area contributed by atoms with Gasteiger partial charge in [0, 0.05) is 18.4 Å². The highest BCUT2D eigenvalue weighted by molar-refractivity contribution is 5.73. The number of carboxylic acids is 1. The Hall–Kier alpha value is -2.11. The molecule has 12 heteroatoms. The van der Waals surface area contributed by atoms with Crippen LogP contribution in [0.15, 0.2) is 12.4 Å². The molecule has 2 heterocycles. The number of piperidine rings is 1. The Morgan fingerprint density at radius 1 is 1.12 bits per heavy atom. The molecule has 0 spiro atoms. The average Bonchev–Trinajstić information content (AvgIpc) is 2.47. The zero-order valence-corrected chi connectivity index (χ0v) is 12.1. The molecule has 2 rings (SSSR count). The van der Waals surface area contributed by atoms with Crippen molar-refractivity contribution in [2.24, 2.45) is 0 Å². The van der Waals surface area contributed by atoms with Gasteiger partial charge in [-0.15, -0.1) is 0 Å². The summed E-state index contributed by atoms with van der Waals surface area (Å²) < 4.78 is 68.5. The normalized spacial score (nSPS) is 16.1. The van der Waals surface area contributed by atoms with Crippen LogP contribution < -0.4 is 10.6 Å². The summed E-state index contributed by atoms with van der Waals surface area (Å²) in [6.45, 7) is 1.80. The molecule has 0 radical (unpaired) electrons. The lowest BCUT2D eigenvalue weighted by molar-refractivity contribution is -0.192. The standard InChI is InChI=1S/C10H13F3N4.C2HF3O2/c11-10(12,13)7-5-15-9(16-6-7)17-8-1-3-14-4-2-8;3-2(4,5)1(6)7/h5-6,8,14H,1-4H2,(H,15,16,17);(H,6,7). The van der Waals surface area contributed by atoms with Gasteiger partial charge < -0.3 is 15.7 Å². The van der Waals surface area contributed by atoms with E-state index in [0.717, 1.165) is 38.3 Å². The Bertz CT molecular complexity index is 526. The molecule has 1 aliphatic rings. The molecule has 0 bridgehead atoms. The van der Waals surface area contributed by atoms with E-state index in [9.17, 15) is 26.3 Å². The van der Waals surface area contributed by atoms with E-state index < -0.39 is 23.9 Å². The van der Waals surface area contributed by atoms with E-state index >= 15 is 0 Å². The fourth-order valence-electron chi connectivity index (χ4n) is 1.70. The predicted octanol–water partition coefficient (Wildman–Crippen LogP) is 2.29. The third-order valence-corrected chi connectivity index (χ3v) is 2.89. The zero-order valence-electron chi connectivity index (χ0n) is 12.1. The van der Waals surface area contributed by atoms with E-state index in [1.54, 1.807) is 0 Å². The maximum atomic E-state index is 12.3. The van der Waals surface area contributed by atoms with E-state index in [0.29, 0.717) is 0 Å². The van der Waals surface area contributed by atoms with Crippen LogP contribution in [0.5, 0.6) is 0 Å². The molecule has 1 fully saturated rings. The van der Waals surface area contributed by atoms with Crippen LogP contribution in [0, 0.1) is 0 Å². The Morgan fingerprint density at radius 2 is 1.58 bits per heavy atom. The number of anilines is 1. The number of carboxylic acid groups (broad SMARTS) is 1. The maximum absolute atomic E-state index is 12.3. The minimum Gasteiger partial charge on any atom is -0.475 e. The van der Waals surface area contributed by atoms with Gasteiger partial charge in [0.15, 0.2) is 0 Å². The van der Waals surface area contributed by atoms with E-state index in [4.69, 9.17) is 9.90 Å². The highest BCUT2D eigenvalue weighted by Gasteiger charge is 2.38. The second-order valence-electron chi connectivity index (χ2n) is 4.76. The molecule has 0 aromatic carbocycles. The van der Waals surface area contributed by atoms with E-state index in [2.05, 4.69) is 20.6 Å². The van der Waals surface area contributed by atoms with Gasteiger partial charge in [-0.2, -0.15) is 26.3 Å². The van der Waals surface area contributed by atoms with Gasteiger partial charge in [-0.3, -0.25) is 0 Å². The highest BCUT2D eigenvalue weighted by Crippen LogP contribution is 2.28. The van der Waals surface area contributed by atoms with E-state index in [1.165, 1.54) is 0 Å². The van der Waals surface area contributed by atoms with Crippen molar-refractivity contribution in [1.29, 1.82) is 0 Å². The van der Waals surface area contributed by atoms with E-state index in [1.807, 2.05) is 0 Å². The zero-order chi connectivity index (χ0) is 18.4. The average molecular weight is 360 g/mol. The number of hydrogen-bond donors (Lipinski definition) is 3. The van der Waals surface area contributed by atoms with Crippen molar-refractivity contribution in [3.8, 4) is 0 Å². The Labute approximate surface area is 132 Å². The second kappa shape index (κ2) is 8.13. The van der Waals surface area contributed by atoms with Gasteiger partial charge in [-0.25, -0.2) is 14.8 Å². The van der Waals surface area contributed by atoms with Crippen molar-refractivity contribution in [2.45, 2.75) is 31.2 Å². The first kappa shape index (κ1) is 19.9. The molecule has 1 saturated heterocycles.